The van der Waals surface area contributed by atoms with Gasteiger partial charge in [0, 0.05) is 18.0 Å². The number of ether oxygens (including phenoxy) is 1. The van der Waals surface area contributed by atoms with E-state index >= 15 is 0 Å². The zero-order chi connectivity index (χ0) is 10.1. The van der Waals surface area contributed by atoms with Crippen molar-refractivity contribution in [1.29, 1.82) is 0 Å². The number of hydrogen-bond acceptors (Lipinski definition) is 2. The van der Waals surface area contributed by atoms with Crippen LogP contribution in [0.25, 0.3) is 0 Å². The second-order valence-corrected chi connectivity index (χ2v) is 3.67. The molecule has 1 aliphatic rings. The molecule has 1 aromatic heterocycles. The summed E-state index contributed by atoms with van der Waals surface area (Å²) in [5, 5.41) is 0. The zero-order valence-electron chi connectivity index (χ0n) is 8.21. The van der Waals surface area contributed by atoms with Crippen LogP contribution in [0, 0.1) is 0 Å². The minimum atomic E-state index is 0.195. The van der Waals surface area contributed by atoms with Crippen molar-refractivity contribution in [3.63, 3.8) is 0 Å². The zero-order valence-corrected chi connectivity index (χ0v) is 8.21. The van der Waals surface area contributed by atoms with E-state index in [1.54, 1.807) is 6.20 Å². The molecule has 2 aromatic rings. The first-order valence-electron chi connectivity index (χ1n) is 5.05. The van der Waals surface area contributed by atoms with Crippen molar-refractivity contribution in [3.05, 3.63) is 66.0 Å². The van der Waals surface area contributed by atoms with E-state index in [0.717, 1.165) is 5.56 Å². The van der Waals surface area contributed by atoms with Crippen LogP contribution in [0.3, 0.4) is 0 Å². The molecule has 1 fully saturated rings. The second-order valence-electron chi connectivity index (χ2n) is 3.67. The Morgan fingerprint density at radius 3 is 2.33 bits per heavy atom. The third-order valence-corrected chi connectivity index (χ3v) is 2.63. The van der Waals surface area contributed by atoms with E-state index in [1.807, 2.05) is 30.5 Å². The monoisotopic (exact) mass is 197 g/mol. The number of epoxide rings is 1. The average molecular weight is 197 g/mol. The Morgan fingerprint density at radius 1 is 0.867 bits per heavy atom. The fraction of sp³-hybridized carbons (Fsp3) is 0.154. The Bertz CT molecular complexity index is 397. The third-order valence-electron chi connectivity index (χ3n) is 2.63. The molecule has 0 radical (unpaired) electrons. The topological polar surface area (TPSA) is 25.4 Å². The molecule has 0 N–H and O–H groups in total. The molecule has 2 nitrogen and oxygen atoms in total. The molecular weight excluding hydrogens is 186 g/mol. The molecule has 0 amide bonds. The number of aromatic nitrogens is 1. The minimum Gasteiger partial charge on any atom is -0.359 e. The standard InChI is InChI=1S/C13H11NO/c1-2-5-10(6-3-1)12-13(15-12)11-7-4-8-14-9-11/h1-9,12-13H/t12-,13+/m0/s1. The van der Waals surface area contributed by atoms with Gasteiger partial charge in [-0.3, -0.25) is 4.98 Å². The maximum atomic E-state index is 5.65. The van der Waals surface area contributed by atoms with E-state index in [9.17, 15) is 0 Å². The third kappa shape index (κ3) is 1.64. The lowest BCUT2D eigenvalue weighted by Gasteiger charge is -1.95. The van der Waals surface area contributed by atoms with Crippen molar-refractivity contribution in [2.45, 2.75) is 12.2 Å². The van der Waals surface area contributed by atoms with E-state index in [2.05, 4.69) is 23.2 Å². The van der Waals surface area contributed by atoms with Crippen molar-refractivity contribution in [3.8, 4) is 0 Å². The van der Waals surface area contributed by atoms with Gasteiger partial charge in [-0.05, 0) is 11.6 Å². The first-order chi connectivity index (χ1) is 7.45. The summed E-state index contributed by atoms with van der Waals surface area (Å²) in [6.45, 7) is 0. The van der Waals surface area contributed by atoms with Gasteiger partial charge in [0.25, 0.3) is 0 Å². The second kappa shape index (κ2) is 3.48. The van der Waals surface area contributed by atoms with Gasteiger partial charge in [-0.2, -0.15) is 0 Å². The lowest BCUT2D eigenvalue weighted by atomic mass is 10.1. The van der Waals surface area contributed by atoms with Gasteiger partial charge in [-0.15, -0.1) is 0 Å². The lowest BCUT2D eigenvalue weighted by molar-refractivity contribution is 0.377. The van der Waals surface area contributed by atoms with Crippen LogP contribution in [-0.2, 0) is 4.74 Å². The number of rotatable bonds is 2. The van der Waals surface area contributed by atoms with Crippen LogP contribution in [0.15, 0.2) is 54.9 Å². The summed E-state index contributed by atoms with van der Waals surface area (Å²) in [7, 11) is 0. The lowest BCUT2D eigenvalue weighted by Crippen LogP contribution is -1.84. The molecular formula is C13H11NO. The van der Waals surface area contributed by atoms with Crippen LogP contribution in [0.2, 0.25) is 0 Å². The number of pyridine rings is 1. The van der Waals surface area contributed by atoms with Crippen LogP contribution in [-0.4, -0.2) is 4.98 Å². The highest BCUT2D eigenvalue weighted by Crippen LogP contribution is 2.50. The van der Waals surface area contributed by atoms with Crippen molar-refractivity contribution < 1.29 is 4.74 Å². The maximum Gasteiger partial charge on any atom is 0.115 e. The van der Waals surface area contributed by atoms with Crippen LogP contribution in [0.1, 0.15) is 23.3 Å². The first kappa shape index (κ1) is 8.62. The molecule has 3 rings (SSSR count). The van der Waals surface area contributed by atoms with Gasteiger partial charge in [-0.25, -0.2) is 0 Å². The summed E-state index contributed by atoms with van der Waals surface area (Å²) >= 11 is 0. The molecule has 1 aliphatic heterocycles. The smallest absolute Gasteiger partial charge is 0.115 e. The molecule has 1 saturated heterocycles. The highest BCUT2D eigenvalue weighted by atomic mass is 16.6. The Morgan fingerprint density at radius 2 is 1.60 bits per heavy atom. The van der Waals surface area contributed by atoms with Crippen molar-refractivity contribution in [1.82, 2.24) is 4.98 Å². The van der Waals surface area contributed by atoms with Gasteiger partial charge in [0.05, 0.1) is 0 Å². The molecule has 1 aromatic carbocycles. The average Bonchev–Trinajstić information content (AvgIpc) is 3.11. The van der Waals surface area contributed by atoms with E-state index < -0.39 is 0 Å². The van der Waals surface area contributed by atoms with Gasteiger partial charge in [-0.1, -0.05) is 36.4 Å². The van der Waals surface area contributed by atoms with Crippen molar-refractivity contribution in [2.24, 2.45) is 0 Å². The Balaban J connectivity index is 1.81. The molecule has 2 heterocycles. The van der Waals surface area contributed by atoms with Crippen molar-refractivity contribution >= 4 is 0 Å². The van der Waals surface area contributed by atoms with Gasteiger partial charge >= 0.3 is 0 Å². The molecule has 0 saturated carbocycles. The number of benzene rings is 1. The summed E-state index contributed by atoms with van der Waals surface area (Å²) in [6.07, 6.45) is 4.06. The highest BCUT2D eigenvalue weighted by Gasteiger charge is 2.41. The molecule has 0 unspecified atom stereocenters. The predicted molar refractivity (Wildman–Crippen MR) is 57.2 cm³/mol. The van der Waals surface area contributed by atoms with Crippen LogP contribution < -0.4 is 0 Å². The molecule has 0 spiro atoms. The van der Waals surface area contributed by atoms with Gasteiger partial charge < -0.3 is 4.74 Å². The highest BCUT2D eigenvalue weighted by molar-refractivity contribution is 5.28. The van der Waals surface area contributed by atoms with Gasteiger partial charge in [0.2, 0.25) is 0 Å². The Labute approximate surface area is 88.5 Å². The molecule has 2 heteroatoms. The summed E-state index contributed by atoms with van der Waals surface area (Å²) in [5.41, 5.74) is 2.40. The first-order valence-corrected chi connectivity index (χ1v) is 5.05. The summed E-state index contributed by atoms with van der Waals surface area (Å²) in [5.74, 6) is 0. The van der Waals surface area contributed by atoms with E-state index in [-0.39, 0.29) is 12.2 Å². The van der Waals surface area contributed by atoms with Gasteiger partial charge in [0.15, 0.2) is 0 Å². The molecule has 0 bridgehead atoms. The number of nitrogens with zero attached hydrogens (tertiary/aromatic N) is 1. The molecule has 15 heavy (non-hydrogen) atoms. The van der Waals surface area contributed by atoms with E-state index in [4.69, 9.17) is 4.74 Å². The molecule has 0 aliphatic carbocycles. The largest absolute Gasteiger partial charge is 0.359 e. The van der Waals surface area contributed by atoms with E-state index in [0.29, 0.717) is 0 Å². The maximum absolute atomic E-state index is 5.65. The SMILES string of the molecule is c1ccc([C@@H]2O[C@@H]2c2cccnc2)cc1. The fourth-order valence-electron chi connectivity index (χ4n) is 1.81. The Kier molecular flexibility index (Phi) is 2.00. The summed E-state index contributed by atoms with van der Waals surface area (Å²) in [6, 6.07) is 14.3. The quantitative estimate of drug-likeness (QED) is 0.692. The normalized spacial score (nSPS) is 23.7. The fourth-order valence-corrected chi connectivity index (χ4v) is 1.81. The predicted octanol–water partition coefficient (Wildman–Crippen LogP) is 2.89. The molecule has 2 atom stereocenters. The van der Waals surface area contributed by atoms with E-state index in [1.165, 1.54) is 5.56 Å². The van der Waals surface area contributed by atoms with Crippen LogP contribution in [0.5, 0.6) is 0 Å². The van der Waals surface area contributed by atoms with Gasteiger partial charge in [0.1, 0.15) is 12.2 Å². The molecule has 74 valence electrons. The van der Waals surface area contributed by atoms with Crippen LogP contribution >= 0.6 is 0 Å². The summed E-state index contributed by atoms with van der Waals surface area (Å²) < 4.78 is 5.65. The Hall–Kier alpha value is -1.67. The van der Waals surface area contributed by atoms with Crippen molar-refractivity contribution in [2.75, 3.05) is 0 Å². The number of hydrogen-bond donors (Lipinski definition) is 0. The summed E-state index contributed by atoms with van der Waals surface area (Å²) in [4.78, 5) is 4.09. The minimum absolute atomic E-state index is 0.195. The van der Waals surface area contributed by atoms with Crippen LogP contribution in [0.4, 0.5) is 0 Å².